The lowest BCUT2D eigenvalue weighted by molar-refractivity contribution is -0.388. The Balaban J connectivity index is 2.15. The summed E-state index contributed by atoms with van der Waals surface area (Å²) in [5.74, 6) is 0.565. The second kappa shape index (κ2) is 3.84. The average molecular weight is 207 g/mol. The molecule has 15 heavy (non-hydrogen) atoms. The highest BCUT2D eigenvalue weighted by Gasteiger charge is 2.29. The summed E-state index contributed by atoms with van der Waals surface area (Å²) in [4.78, 5) is 14.0. The first-order valence-corrected chi connectivity index (χ1v) is 5.04. The molecule has 1 N–H and O–H groups in total. The molecular weight excluding hydrogens is 194 g/mol. The molecule has 1 aromatic heterocycles. The topological polar surface area (TPSA) is 68.1 Å². The summed E-state index contributed by atoms with van der Waals surface area (Å²) < 4.78 is 0. The molecule has 0 aromatic carbocycles. The monoisotopic (exact) mass is 207 g/mol. The third kappa shape index (κ3) is 2.23. The van der Waals surface area contributed by atoms with Crippen LogP contribution >= 0.6 is 0 Å². The van der Waals surface area contributed by atoms with Crippen molar-refractivity contribution in [3.05, 3.63) is 28.4 Å². The Hall–Kier alpha value is -1.65. The van der Waals surface area contributed by atoms with Crippen LogP contribution in [0.2, 0.25) is 0 Å². The van der Waals surface area contributed by atoms with Gasteiger partial charge in [0, 0.05) is 6.04 Å². The van der Waals surface area contributed by atoms with Crippen molar-refractivity contribution in [1.29, 1.82) is 0 Å². The maximum Gasteiger partial charge on any atom is 0.386 e. The van der Waals surface area contributed by atoms with E-state index in [9.17, 15) is 10.1 Å². The molecule has 1 aliphatic carbocycles. The highest BCUT2D eigenvalue weighted by atomic mass is 16.6. The minimum absolute atomic E-state index is 0.0926. The number of aromatic nitrogens is 1. The zero-order valence-electron chi connectivity index (χ0n) is 8.51. The molecule has 0 spiro atoms. The predicted molar refractivity (Wildman–Crippen MR) is 56.7 cm³/mol. The third-order valence-corrected chi connectivity index (χ3v) is 2.67. The molecule has 0 bridgehead atoms. The van der Waals surface area contributed by atoms with E-state index in [1.165, 1.54) is 19.0 Å². The largest absolute Gasteiger partial charge is 0.386 e. The van der Waals surface area contributed by atoms with E-state index in [4.69, 9.17) is 0 Å². The smallest absolute Gasteiger partial charge is 0.375 e. The molecule has 5 heteroatoms. The zero-order chi connectivity index (χ0) is 10.8. The van der Waals surface area contributed by atoms with Gasteiger partial charge in [-0.15, -0.1) is 0 Å². The summed E-state index contributed by atoms with van der Waals surface area (Å²) in [5.41, 5.74) is 0.516. The SMILES string of the molecule is CC(Nc1cccnc1[N+](=O)[O-])C1CC1. The molecule has 5 nitrogen and oxygen atoms in total. The molecule has 2 rings (SSSR count). The van der Waals surface area contributed by atoms with E-state index in [-0.39, 0.29) is 11.9 Å². The molecule has 1 aromatic rings. The van der Waals surface area contributed by atoms with Gasteiger partial charge in [0.15, 0.2) is 0 Å². The predicted octanol–water partition coefficient (Wildman–Crippen LogP) is 2.20. The van der Waals surface area contributed by atoms with Crippen molar-refractivity contribution in [2.24, 2.45) is 5.92 Å². The van der Waals surface area contributed by atoms with Crippen LogP contribution in [0.15, 0.2) is 18.3 Å². The third-order valence-electron chi connectivity index (χ3n) is 2.67. The first-order chi connectivity index (χ1) is 7.18. The van der Waals surface area contributed by atoms with Gasteiger partial charge in [-0.3, -0.25) is 0 Å². The molecule has 0 saturated heterocycles. The van der Waals surface area contributed by atoms with E-state index in [1.807, 2.05) is 6.92 Å². The first kappa shape index (κ1) is 9.89. The van der Waals surface area contributed by atoms with E-state index in [0.29, 0.717) is 11.6 Å². The second-order valence-electron chi connectivity index (χ2n) is 3.90. The molecule has 0 aliphatic heterocycles. The van der Waals surface area contributed by atoms with Gasteiger partial charge in [-0.05, 0) is 47.7 Å². The van der Waals surface area contributed by atoms with Crippen LogP contribution in [-0.4, -0.2) is 15.9 Å². The number of nitro groups is 1. The zero-order valence-corrected chi connectivity index (χ0v) is 8.51. The number of hydrogen-bond acceptors (Lipinski definition) is 4. The molecule has 1 unspecified atom stereocenters. The fourth-order valence-corrected chi connectivity index (χ4v) is 1.61. The fraction of sp³-hybridized carbons (Fsp3) is 0.500. The van der Waals surface area contributed by atoms with Crippen molar-refractivity contribution in [2.45, 2.75) is 25.8 Å². The minimum Gasteiger partial charge on any atom is -0.375 e. The van der Waals surface area contributed by atoms with Gasteiger partial charge >= 0.3 is 5.82 Å². The van der Waals surface area contributed by atoms with Crippen molar-refractivity contribution < 1.29 is 4.92 Å². The Morgan fingerprint density at radius 1 is 1.67 bits per heavy atom. The number of rotatable bonds is 4. The number of nitrogens with zero attached hydrogens (tertiary/aromatic N) is 2. The summed E-state index contributed by atoms with van der Waals surface area (Å²) in [6.07, 6.45) is 3.86. The second-order valence-corrected chi connectivity index (χ2v) is 3.90. The fourth-order valence-electron chi connectivity index (χ4n) is 1.61. The highest BCUT2D eigenvalue weighted by Crippen LogP contribution is 2.35. The van der Waals surface area contributed by atoms with E-state index in [1.54, 1.807) is 12.1 Å². The molecule has 1 saturated carbocycles. The van der Waals surface area contributed by atoms with Crippen molar-refractivity contribution in [2.75, 3.05) is 5.32 Å². The molecule has 80 valence electrons. The summed E-state index contributed by atoms with van der Waals surface area (Å²) in [6.45, 7) is 2.05. The van der Waals surface area contributed by atoms with Crippen LogP contribution in [-0.2, 0) is 0 Å². The molecule has 1 atom stereocenters. The van der Waals surface area contributed by atoms with Gasteiger partial charge in [0.2, 0.25) is 0 Å². The standard InChI is InChI=1S/C10H13N3O2/c1-7(8-4-5-8)12-9-3-2-6-11-10(9)13(14)15/h2-3,6-8,12H,4-5H2,1H3. The summed E-state index contributed by atoms with van der Waals surface area (Å²) in [5, 5.41) is 13.8. The lowest BCUT2D eigenvalue weighted by atomic mass is 10.2. The molecule has 0 radical (unpaired) electrons. The van der Waals surface area contributed by atoms with Gasteiger partial charge in [0.1, 0.15) is 11.9 Å². The van der Waals surface area contributed by atoms with E-state index >= 15 is 0 Å². The van der Waals surface area contributed by atoms with Crippen LogP contribution in [0.25, 0.3) is 0 Å². The Morgan fingerprint density at radius 2 is 2.40 bits per heavy atom. The highest BCUT2D eigenvalue weighted by molar-refractivity contribution is 5.57. The van der Waals surface area contributed by atoms with Crippen molar-refractivity contribution in [3.63, 3.8) is 0 Å². The van der Waals surface area contributed by atoms with Crippen molar-refractivity contribution in [1.82, 2.24) is 4.98 Å². The summed E-state index contributed by atoms with van der Waals surface area (Å²) in [7, 11) is 0. The summed E-state index contributed by atoms with van der Waals surface area (Å²) in [6, 6.07) is 3.69. The molecule has 1 heterocycles. The van der Waals surface area contributed by atoms with Crippen LogP contribution < -0.4 is 5.32 Å². The number of hydrogen-bond donors (Lipinski definition) is 1. The Bertz CT molecular complexity index is 377. The molecule has 1 aliphatic rings. The van der Waals surface area contributed by atoms with Gasteiger partial charge in [0.25, 0.3) is 0 Å². The minimum atomic E-state index is -0.456. The Morgan fingerprint density at radius 3 is 3.00 bits per heavy atom. The van der Waals surface area contributed by atoms with Gasteiger partial charge in [-0.2, -0.15) is 0 Å². The van der Waals surface area contributed by atoms with Crippen LogP contribution in [0.4, 0.5) is 11.5 Å². The van der Waals surface area contributed by atoms with E-state index < -0.39 is 4.92 Å². The molecule has 0 amide bonds. The van der Waals surface area contributed by atoms with Crippen LogP contribution in [0.1, 0.15) is 19.8 Å². The van der Waals surface area contributed by atoms with Crippen LogP contribution in [0.3, 0.4) is 0 Å². The van der Waals surface area contributed by atoms with E-state index in [0.717, 1.165) is 0 Å². The Kier molecular flexibility index (Phi) is 2.53. The van der Waals surface area contributed by atoms with Gasteiger partial charge < -0.3 is 15.4 Å². The van der Waals surface area contributed by atoms with Crippen LogP contribution in [0.5, 0.6) is 0 Å². The lowest BCUT2D eigenvalue weighted by Gasteiger charge is -2.13. The maximum absolute atomic E-state index is 10.7. The number of anilines is 1. The normalized spacial score (nSPS) is 17.1. The van der Waals surface area contributed by atoms with Crippen LogP contribution in [0, 0.1) is 16.0 Å². The van der Waals surface area contributed by atoms with Crippen molar-refractivity contribution in [3.8, 4) is 0 Å². The molecular formula is C10H13N3O2. The maximum atomic E-state index is 10.7. The quantitative estimate of drug-likeness (QED) is 0.607. The Labute approximate surface area is 87.7 Å². The summed E-state index contributed by atoms with van der Waals surface area (Å²) >= 11 is 0. The van der Waals surface area contributed by atoms with Crippen molar-refractivity contribution >= 4 is 11.5 Å². The number of nitrogens with one attached hydrogen (secondary N) is 1. The molecule has 1 fully saturated rings. The van der Waals surface area contributed by atoms with Gasteiger partial charge in [-0.25, -0.2) is 0 Å². The number of pyridine rings is 1. The van der Waals surface area contributed by atoms with E-state index in [2.05, 4.69) is 10.3 Å². The first-order valence-electron chi connectivity index (χ1n) is 5.04. The van der Waals surface area contributed by atoms with Gasteiger partial charge in [-0.1, -0.05) is 0 Å². The van der Waals surface area contributed by atoms with Gasteiger partial charge in [0.05, 0.1) is 0 Å². The lowest BCUT2D eigenvalue weighted by Crippen LogP contribution is -2.18. The average Bonchev–Trinajstić information content (AvgIpc) is 3.01.